The zero-order valence-corrected chi connectivity index (χ0v) is 17.8. The van der Waals surface area contributed by atoms with Gasteiger partial charge in [0.15, 0.2) is 5.84 Å². The average molecular weight is 459 g/mol. The molecule has 0 aliphatic rings. The average Bonchev–Trinajstić information content (AvgIpc) is 2.71. The minimum Gasteiger partial charge on any atom is -0.506 e. The van der Waals surface area contributed by atoms with Crippen LogP contribution in [0.5, 0.6) is 5.75 Å². The Balaban J connectivity index is 2.13. The van der Waals surface area contributed by atoms with E-state index in [-0.39, 0.29) is 16.5 Å². The van der Waals surface area contributed by atoms with Crippen LogP contribution in [0.3, 0.4) is 0 Å². The van der Waals surface area contributed by atoms with Gasteiger partial charge < -0.3 is 10.4 Å². The standard InChI is InChI=1S/C21H19BrN2O3S/c1-14-13-18(15(2)19(22)20(14)25)23-21(16-9-5-3-6-10-16)24-28(26,27)17-11-7-4-8-12-17/h3-13,25H,1-2H3,(H,23,24). The quantitative estimate of drug-likeness (QED) is 0.326. The highest BCUT2D eigenvalue weighted by molar-refractivity contribution is 9.10. The number of hydrogen-bond acceptors (Lipinski definition) is 3. The number of rotatable bonds is 4. The molecule has 0 aromatic heterocycles. The Morgan fingerprint density at radius 3 is 2.18 bits per heavy atom. The third-order valence-corrected chi connectivity index (χ3v) is 6.49. The number of sulfonamides is 1. The molecule has 28 heavy (non-hydrogen) atoms. The Labute approximate surface area is 173 Å². The lowest BCUT2D eigenvalue weighted by Crippen LogP contribution is -2.17. The fourth-order valence-corrected chi connectivity index (χ4v) is 4.15. The van der Waals surface area contributed by atoms with Gasteiger partial charge in [-0.05, 0) is 59.1 Å². The Morgan fingerprint density at radius 1 is 1.00 bits per heavy atom. The van der Waals surface area contributed by atoms with Crippen molar-refractivity contribution in [2.45, 2.75) is 18.7 Å². The van der Waals surface area contributed by atoms with E-state index in [0.29, 0.717) is 21.3 Å². The van der Waals surface area contributed by atoms with Crippen LogP contribution in [0.25, 0.3) is 0 Å². The van der Waals surface area contributed by atoms with E-state index in [4.69, 9.17) is 0 Å². The van der Waals surface area contributed by atoms with Gasteiger partial charge in [0.05, 0.1) is 9.37 Å². The van der Waals surface area contributed by atoms with Crippen molar-refractivity contribution < 1.29 is 13.5 Å². The SMILES string of the molecule is Cc1cc(NC(=NS(=O)(=O)c2ccccc2)c2ccccc2)c(C)c(Br)c1O. The lowest BCUT2D eigenvalue weighted by Gasteiger charge is -2.16. The van der Waals surface area contributed by atoms with E-state index in [1.165, 1.54) is 12.1 Å². The number of phenolic OH excluding ortho intramolecular Hbond substituents is 1. The molecule has 0 fully saturated rings. The number of aryl methyl sites for hydroxylation is 1. The van der Waals surface area contributed by atoms with E-state index in [1.54, 1.807) is 43.3 Å². The summed E-state index contributed by atoms with van der Waals surface area (Å²) in [6.45, 7) is 3.59. The maximum atomic E-state index is 12.8. The van der Waals surface area contributed by atoms with Crippen LogP contribution in [0.1, 0.15) is 16.7 Å². The zero-order valence-electron chi connectivity index (χ0n) is 15.3. The van der Waals surface area contributed by atoms with Crippen molar-refractivity contribution in [2.75, 3.05) is 5.32 Å². The van der Waals surface area contributed by atoms with Crippen LogP contribution in [-0.4, -0.2) is 19.4 Å². The van der Waals surface area contributed by atoms with Crippen molar-refractivity contribution in [3.8, 4) is 5.75 Å². The molecule has 0 bridgehead atoms. The minimum absolute atomic E-state index is 0.116. The summed E-state index contributed by atoms with van der Waals surface area (Å²) in [4.78, 5) is 0.116. The fraction of sp³-hybridized carbons (Fsp3) is 0.0952. The molecule has 3 aromatic rings. The summed E-state index contributed by atoms with van der Waals surface area (Å²) in [6, 6.07) is 18.9. The predicted octanol–water partition coefficient (Wildman–Crippen LogP) is 5.02. The number of nitrogens with zero attached hydrogens (tertiary/aromatic N) is 1. The molecule has 0 atom stereocenters. The van der Waals surface area contributed by atoms with Crippen LogP contribution in [-0.2, 0) is 10.0 Å². The Hall–Kier alpha value is -2.64. The molecule has 0 radical (unpaired) electrons. The van der Waals surface area contributed by atoms with Gasteiger partial charge in [0, 0.05) is 11.3 Å². The third kappa shape index (κ3) is 4.26. The first-order valence-corrected chi connectivity index (χ1v) is 10.7. The number of phenols is 1. The molecule has 0 aliphatic heterocycles. The number of aromatic hydroxyl groups is 1. The zero-order chi connectivity index (χ0) is 20.3. The van der Waals surface area contributed by atoms with Crippen LogP contribution < -0.4 is 5.32 Å². The second-order valence-corrected chi connectivity index (χ2v) is 8.64. The van der Waals surface area contributed by atoms with E-state index in [2.05, 4.69) is 25.6 Å². The minimum atomic E-state index is -3.90. The highest BCUT2D eigenvalue weighted by atomic mass is 79.9. The number of anilines is 1. The molecular weight excluding hydrogens is 440 g/mol. The van der Waals surface area contributed by atoms with Gasteiger partial charge in [-0.1, -0.05) is 48.5 Å². The smallest absolute Gasteiger partial charge is 0.284 e. The second kappa shape index (κ2) is 8.16. The molecule has 7 heteroatoms. The van der Waals surface area contributed by atoms with Gasteiger partial charge >= 0.3 is 0 Å². The monoisotopic (exact) mass is 458 g/mol. The molecule has 0 heterocycles. The van der Waals surface area contributed by atoms with Crippen LogP contribution >= 0.6 is 15.9 Å². The van der Waals surface area contributed by atoms with Crippen molar-refractivity contribution >= 4 is 37.5 Å². The molecule has 0 aliphatic carbocycles. The molecule has 0 spiro atoms. The second-order valence-electron chi connectivity index (χ2n) is 6.25. The summed E-state index contributed by atoms with van der Waals surface area (Å²) in [6.07, 6.45) is 0. The topological polar surface area (TPSA) is 78.8 Å². The largest absolute Gasteiger partial charge is 0.506 e. The molecule has 3 rings (SSSR count). The number of hydrogen-bond donors (Lipinski definition) is 2. The number of benzene rings is 3. The molecule has 0 saturated heterocycles. The first-order valence-electron chi connectivity index (χ1n) is 8.50. The molecule has 0 unspecified atom stereocenters. The molecule has 144 valence electrons. The molecular formula is C21H19BrN2O3S. The molecule has 0 amide bonds. The summed E-state index contributed by atoms with van der Waals surface area (Å²) in [5, 5.41) is 13.2. The van der Waals surface area contributed by atoms with Crippen LogP contribution in [0.4, 0.5) is 5.69 Å². The molecule has 5 nitrogen and oxygen atoms in total. The van der Waals surface area contributed by atoms with E-state index < -0.39 is 10.0 Å². The fourth-order valence-electron chi connectivity index (χ4n) is 2.63. The molecule has 2 N–H and O–H groups in total. The number of amidine groups is 1. The van der Waals surface area contributed by atoms with Crippen LogP contribution in [0, 0.1) is 13.8 Å². The van der Waals surface area contributed by atoms with Crippen molar-refractivity contribution in [3.05, 3.63) is 87.9 Å². The van der Waals surface area contributed by atoms with Gasteiger partial charge in [-0.15, -0.1) is 4.40 Å². The highest BCUT2D eigenvalue weighted by Gasteiger charge is 2.17. The predicted molar refractivity (Wildman–Crippen MR) is 116 cm³/mol. The summed E-state index contributed by atoms with van der Waals surface area (Å²) in [5.74, 6) is 0.350. The van der Waals surface area contributed by atoms with E-state index >= 15 is 0 Å². The van der Waals surface area contributed by atoms with Gasteiger partial charge in [-0.3, -0.25) is 0 Å². The Kier molecular flexibility index (Phi) is 5.86. The van der Waals surface area contributed by atoms with Gasteiger partial charge in [0.25, 0.3) is 10.0 Å². The van der Waals surface area contributed by atoms with Crippen molar-refractivity contribution in [2.24, 2.45) is 4.40 Å². The Bertz CT molecular complexity index is 1130. The van der Waals surface area contributed by atoms with Crippen molar-refractivity contribution in [1.82, 2.24) is 0 Å². The van der Waals surface area contributed by atoms with E-state index in [0.717, 1.165) is 5.56 Å². The summed E-state index contributed by atoms with van der Waals surface area (Å²) >= 11 is 3.38. The van der Waals surface area contributed by atoms with Gasteiger partial charge in [-0.2, -0.15) is 8.42 Å². The highest BCUT2D eigenvalue weighted by Crippen LogP contribution is 2.35. The summed E-state index contributed by atoms with van der Waals surface area (Å²) in [5.41, 5.74) is 2.67. The first kappa shape index (κ1) is 20.1. The summed E-state index contributed by atoms with van der Waals surface area (Å²) < 4.78 is 30.2. The molecule has 3 aromatic carbocycles. The first-order chi connectivity index (χ1) is 13.3. The van der Waals surface area contributed by atoms with E-state index in [1.807, 2.05) is 25.1 Å². The number of nitrogens with one attached hydrogen (secondary N) is 1. The van der Waals surface area contributed by atoms with Crippen molar-refractivity contribution in [3.63, 3.8) is 0 Å². The van der Waals surface area contributed by atoms with Gasteiger partial charge in [-0.25, -0.2) is 0 Å². The molecule has 0 saturated carbocycles. The summed E-state index contributed by atoms with van der Waals surface area (Å²) in [7, 11) is -3.90. The van der Waals surface area contributed by atoms with Crippen LogP contribution in [0.15, 0.2) is 80.5 Å². The maximum Gasteiger partial charge on any atom is 0.284 e. The Morgan fingerprint density at radius 2 is 1.57 bits per heavy atom. The van der Waals surface area contributed by atoms with Gasteiger partial charge in [0.2, 0.25) is 0 Å². The lowest BCUT2D eigenvalue weighted by molar-refractivity contribution is 0.467. The van der Waals surface area contributed by atoms with Crippen LogP contribution in [0.2, 0.25) is 0 Å². The normalized spacial score (nSPS) is 12.0. The van der Waals surface area contributed by atoms with Crippen molar-refractivity contribution in [1.29, 1.82) is 0 Å². The third-order valence-electron chi connectivity index (χ3n) is 4.23. The maximum absolute atomic E-state index is 12.8. The number of halogens is 1. The van der Waals surface area contributed by atoms with Gasteiger partial charge in [0.1, 0.15) is 5.75 Å². The van der Waals surface area contributed by atoms with E-state index in [9.17, 15) is 13.5 Å². The lowest BCUT2D eigenvalue weighted by atomic mass is 10.1.